The van der Waals surface area contributed by atoms with E-state index < -0.39 is 0 Å². The van der Waals surface area contributed by atoms with Crippen molar-refractivity contribution in [3.63, 3.8) is 0 Å². The van der Waals surface area contributed by atoms with E-state index in [1.54, 1.807) is 6.20 Å². The Balaban J connectivity index is 2.59. The fourth-order valence-electron chi connectivity index (χ4n) is 1.89. The fourth-order valence-corrected chi connectivity index (χ4v) is 2.22. The summed E-state index contributed by atoms with van der Waals surface area (Å²) < 4.78 is 1.88. The van der Waals surface area contributed by atoms with E-state index >= 15 is 0 Å². The van der Waals surface area contributed by atoms with Crippen LogP contribution in [0.2, 0.25) is 5.02 Å². The molecular weight excluding hydrogens is 222 g/mol. The summed E-state index contributed by atoms with van der Waals surface area (Å²) in [5.41, 5.74) is 1.13. The average molecular weight is 244 g/mol. The number of rotatable bonds is 6. The van der Waals surface area contributed by atoms with Crippen molar-refractivity contribution < 1.29 is 0 Å². The van der Waals surface area contributed by atoms with Crippen LogP contribution in [-0.2, 0) is 7.05 Å². The van der Waals surface area contributed by atoms with E-state index in [0.29, 0.717) is 11.8 Å². The summed E-state index contributed by atoms with van der Waals surface area (Å²) >= 11 is 6.14. The van der Waals surface area contributed by atoms with Gasteiger partial charge in [-0.25, -0.2) is 0 Å². The van der Waals surface area contributed by atoms with Gasteiger partial charge in [0.15, 0.2) is 0 Å². The number of nitrogens with zero attached hydrogens (tertiary/aromatic N) is 2. The van der Waals surface area contributed by atoms with Crippen molar-refractivity contribution in [2.24, 2.45) is 13.0 Å². The van der Waals surface area contributed by atoms with Gasteiger partial charge in [-0.2, -0.15) is 5.10 Å². The zero-order valence-electron chi connectivity index (χ0n) is 10.6. The Hall–Kier alpha value is -0.540. The standard InChI is InChI=1S/C12H22ClN3/c1-5-6-14-7-9(2)10(3)12-11(13)8-15-16(12)4/h8-10,14H,5-7H2,1-4H3. The highest BCUT2D eigenvalue weighted by Crippen LogP contribution is 2.28. The summed E-state index contributed by atoms with van der Waals surface area (Å²) in [5.74, 6) is 0.976. The van der Waals surface area contributed by atoms with Crippen LogP contribution in [0.25, 0.3) is 0 Å². The monoisotopic (exact) mass is 243 g/mol. The van der Waals surface area contributed by atoms with Gasteiger partial charge >= 0.3 is 0 Å². The van der Waals surface area contributed by atoms with E-state index in [0.717, 1.165) is 23.8 Å². The van der Waals surface area contributed by atoms with Gasteiger partial charge in [0, 0.05) is 13.0 Å². The van der Waals surface area contributed by atoms with Gasteiger partial charge < -0.3 is 5.32 Å². The predicted octanol–water partition coefficient (Wildman–Crippen LogP) is 2.81. The number of hydrogen-bond acceptors (Lipinski definition) is 2. The van der Waals surface area contributed by atoms with Gasteiger partial charge in [-0.15, -0.1) is 0 Å². The van der Waals surface area contributed by atoms with Gasteiger partial charge in [-0.05, 0) is 25.4 Å². The number of aromatic nitrogens is 2. The van der Waals surface area contributed by atoms with Crippen LogP contribution >= 0.6 is 11.6 Å². The van der Waals surface area contributed by atoms with Crippen molar-refractivity contribution in [3.8, 4) is 0 Å². The molecule has 1 aromatic heterocycles. The normalized spacial score (nSPS) is 15.1. The lowest BCUT2D eigenvalue weighted by Gasteiger charge is -2.21. The fraction of sp³-hybridized carbons (Fsp3) is 0.750. The van der Waals surface area contributed by atoms with E-state index in [1.807, 2.05) is 11.7 Å². The molecule has 0 fully saturated rings. The molecule has 1 heterocycles. The molecule has 0 aliphatic heterocycles. The lowest BCUT2D eigenvalue weighted by molar-refractivity contribution is 0.430. The third-order valence-corrected chi connectivity index (χ3v) is 3.41. The molecule has 0 bridgehead atoms. The number of nitrogens with one attached hydrogen (secondary N) is 1. The molecule has 0 aliphatic rings. The highest BCUT2D eigenvalue weighted by molar-refractivity contribution is 6.31. The second-order valence-electron chi connectivity index (χ2n) is 4.47. The third kappa shape index (κ3) is 3.22. The summed E-state index contributed by atoms with van der Waals surface area (Å²) in [7, 11) is 1.95. The second-order valence-corrected chi connectivity index (χ2v) is 4.88. The van der Waals surface area contributed by atoms with Crippen molar-refractivity contribution in [2.75, 3.05) is 13.1 Å². The molecule has 4 heteroatoms. The Morgan fingerprint density at radius 2 is 2.19 bits per heavy atom. The summed E-state index contributed by atoms with van der Waals surface area (Å²) in [5, 5.41) is 8.40. The van der Waals surface area contributed by atoms with Crippen molar-refractivity contribution in [3.05, 3.63) is 16.9 Å². The second kappa shape index (κ2) is 6.26. The molecule has 3 nitrogen and oxygen atoms in total. The molecule has 16 heavy (non-hydrogen) atoms. The van der Waals surface area contributed by atoms with Crippen molar-refractivity contribution in [1.29, 1.82) is 0 Å². The van der Waals surface area contributed by atoms with Crippen molar-refractivity contribution >= 4 is 11.6 Å². The quantitative estimate of drug-likeness (QED) is 0.779. The predicted molar refractivity (Wildman–Crippen MR) is 69.0 cm³/mol. The highest BCUT2D eigenvalue weighted by Gasteiger charge is 2.20. The first kappa shape index (κ1) is 13.5. The zero-order chi connectivity index (χ0) is 12.1. The van der Waals surface area contributed by atoms with Crippen LogP contribution in [0.4, 0.5) is 0 Å². The van der Waals surface area contributed by atoms with Crippen LogP contribution in [0.5, 0.6) is 0 Å². The number of halogens is 1. The third-order valence-electron chi connectivity index (χ3n) is 3.12. The van der Waals surface area contributed by atoms with Gasteiger partial charge in [0.25, 0.3) is 0 Å². The van der Waals surface area contributed by atoms with E-state index in [-0.39, 0.29) is 0 Å². The summed E-state index contributed by atoms with van der Waals surface area (Å²) in [6.45, 7) is 8.74. The molecule has 0 radical (unpaired) electrons. The zero-order valence-corrected chi connectivity index (χ0v) is 11.4. The lowest BCUT2D eigenvalue weighted by Crippen LogP contribution is -2.26. The van der Waals surface area contributed by atoms with E-state index in [1.165, 1.54) is 6.42 Å². The molecule has 0 spiro atoms. The average Bonchev–Trinajstić information content (AvgIpc) is 2.58. The summed E-state index contributed by atoms with van der Waals surface area (Å²) in [6.07, 6.45) is 2.90. The maximum absolute atomic E-state index is 6.14. The minimum atomic E-state index is 0.421. The molecule has 0 saturated carbocycles. The Bertz CT molecular complexity index is 303. The Morgan fingerprint density at radius 3 is 2.69 bits per heavy atom. The Labute approximate surface area is 103 Å². The molecule has 0 aliphatic carbocycles. The topological polar surface area (TPSA) is 29.9 Å². The molecule has 1 rings (SSSR count). The molecule has 92 valence electrons. The molecule has 2 unspecified atom stereocenters. The van der Waals surface area contributed by atoms with Crippen LogP contribution in [0.1, 0.15) is 38.8 Å². The van der Waals surface area contributed by atoms with Gasteiger partial charge in [0.05, 0.1) is 16.9 Å². The molecule has 2 atom stereocenters. The van der Waals surface area contributed by atoms with Crippen LogP contribution in [0, 0.1) is 5.92 Å². The molecule has 0 aromatic carbocycles. The lowest BCUT2D eigenvalue weighted by atomic mass is 9.92. The van der Waals surface area contributed by atoms with Crippen molar-refractivity contribution in [1.82, 2.24) is 15.1 Å². The van der Waals surface area contributed by atoms with Crippen molar-refractivity contribution in [2.45, 2.75) is 33.1 Å². The Kier molecular flexibility index (Phi) is 5.29. The first-order chi connectivity index (χ1) is 7.57. The number of hydrogen-bond donors (Lipinski definition) is 1. The first-order valence-electron chi connectivity index (χ1n) is 5.96. The van der Waals surface area contributed by atoms with Crippen LogP contribution < -0.4 is 5.32 Å². The van der Waals surface area contributed by atoms with E-state index in [2.05, 4.69) is 31.2 Å². The van der Waals surface area contributed by atoms with Crippen LogP contribution in [0.3, 0.4) is 0 Å². The highest BCUT2D eigenvalue weighted by atomic mass is 35.5. The summed E-state index contributed by atoms with van der Waals surface area (Å²) in [4.78, 5) is 0. The SMILES string of the molecule is CCCNCC(C)C(C)c1c(Cl)cnn1C. The number of aryl methyl sites for hydroxylation is 1. The van der Waals surface area contributed by atoms with E-state index in [4.69, 9.17) is 11.6 Å². The first-order valence-corrected chi connectivity index (χ1v) is 6.33. The molecular formula is C12H22ClN3. The molecule has 0 saturated heterocycles. The van der Waals surface area contributed by atoms with Gasteiger partial charge in [-0.1, -0.05) is 32.4 Å². The minimum absolute atomic E-state index is 0.421. The maximum atomic E-state index is 6.14. The van der Waals surface area contributed by atoms with Gasteiger partial charge in [0.1, 0.15) is 0 Å². The Morgan fingerprint density at radius 1 is 1.50 bits per heavy atom. The van der Waals surface area contributed by atoms with Gasteiger partial charge in [-0.3, -0.25) is 4.68 Å². The molecule has 0 amide bonds. The summed E-state index contributed by atoms with van der Waals surface area (Å²) in [6, 6.07) is 0. The van der Waals surface area contributed by atoms with Gasteiger partial charge in [0.2, 0.25) is 0 Å². The largest absolute Gasteiger partial charge is 0.316 e. The van der Waals surface area contributed by atoms with Crippen LogP contribution in [-0.4, -0.2) is 22.9 Å². The maximum Gasteiger partial charge on any atom is 0.0820 e. The minimum Gasteiger partial charge on any atom is -0.316 e. The van der Waals surface area contributed by atoms with E-state index in [9.17, 15) is 0 Å². The smallest absolute Gasteiger partial charge is 0.0820 e. The molecule has 1 N–H and O–H groups in total. The molecule has 1 aromatic rings. The van der Waals surface area contributed by atoms with Crippen LogP contribution in [0.15, 0.2) is 6.20 Å².